The van der Waals surface area contributed by atoms with Crippen LogP contribution in [0, 0.1) is 0 Å². The number of anilines is 2. The first-order valence-corrected chi connectivity index (χ1v) is 11.1. The van der Waals surface area contributed by atoms with E-state index in [1.165, 1.54) is 32.4 Å². The average Bonchev–Trinajstić information content (AvgIpc) is 3.18. The zero-order valence-electron chi connectivity index (χ0n) is 15.5. The Morgan fingerprint density at radius 3 is 2.40 bits per heavy atom. The lowest BCUT2D eigenvalue weighted by Gasteiger charge is -2.13. The second-order valence-corrected chi connectivity index (χ2v) is 9.25. The number of halogens is 2. The summed E-state index contributed by atoms with van der Waals surface area (Å²) in [5, 5.41) is 10.3. The number of hydrogen-bond donors (Lipinski definition) is 2. The molecule has 0 fully saturated rings. The maximum absolute atomic E-state index is 12.7. The Hall–Kier alpha value is -2.60. The number of nitrogens with one attached hydrogen (secondary N) is 2. The van der Waals surface area contributed by atoms with E-state index < -0.39 is 15.9 Å². The zero-order chi connectivity index (χ0) is 21.9. The largest absolute Gasteiger partial charge is 0.495 e. The van der Waals surface area contributed by atoms with Gasteiger partial charge in [-0.3, -0.25) is 14.8 Å². The summed E-state index contributed by atoms with van der Waals surface area (Å²) in [7, 11) is -1.37. The van der Waals surface area contributed by atoms with E-state index in [0.717, 1.165) is 0 Å². The fraction of sp³-hybridized carbons (Fsp3) is 0.118. The second kappa shape index (κ2) is 9.04. The molecule has 0 bridgehead atoms. The highest BCUT2D eigenvalue weighted by Gasteiger charge is 2.24. The fourth-order valence-electron chi connectivity index (χ4n) is 2.31. The molecule has 3 aromatic rings. The number of amides is 1. The highest BCUT2D eigenvalue weighted by Crippen LogP contribution is 2.37. The smallest absolute Gasteiger partial charge is 0.291 e. The predicted molar refractivity (Wildman–Crippen MR) is 115 cm³/mol. The number of aromatic nitrogens is 2. The molecule has 0 atom stereocenters. The Morgan fingerprint density at radius 2 is 1.73 bits per heavy atom. The quantitative estimate of drug-likeness (QED) is 0.483. The topological polar surface area (TPSA) is 120 Å². The molecule has 0 saturated carbocycles. The Balaban J connectivity index is 1.83. The van der Waals surface area contributed by atoms with Crippen molar-refractivity contribution in [2.45, 2.75) is 4.34 Å². The van der Waals surface area contributed by atoms with Gasteiger partial charge in [0.25, 0.3) is 20.3 Å². The molecule has 0 saturated heterocycles. The van der Waals surface area contributed by atoms with Crippen molar-refractivity contribution < 1.29 is 22.7 Å². The number of nitrogens with zero attached hydrogens (tertiary/aromatic N) is 2. The molecular weight excluding hydrogens is 475 g/mol. The molecule has 30 heavy (non-hydrogen) atoms. The monoisotopic (exact) mass is 488 g/mol. The van der Waals surface area contributed by atoms with Gasteiger partial charge in [-0.1, -0.05) is 46.7 Å². The molecule has 0 aliphatic carbocycles. The van der Waals surface area contributed by atoms with Crippen molar-refractivity contribution in [3.63, 3.8) is 0 Å². The van der Waals surface area contributed by atoms with Gasteiger partial charge in [-0.2, -0.15) is 8.42 Å². The number of carbonyl (C=O) groups excluding carboxylic acids is 1. The third kappa shape index (κ3) is 4.75. The molecule has 0 unspecified atom stereocenters. The number of rotatable bonds is 7. The van der Waals surface area contributed by atoms with Gasteiger partial charge in [0, 0.05) is 12.1 Å². The van der Waals surface area contributed by atoms with Crippen LogP contribution in [0.25, 0.3) is 0 Å². The molecule has 3 rings (SSSR count). The fourth-order valence-corrected chi connectivity index (χ4v) is 4.72. The average molecular weight is 489 g/mol. The predicted octanol–water partition coefficient (Wildman–Crippen LogP) is 3.92. The number of carbonyl (C=O) groups is 1. The molecule has 1 heterocycles. The zero-order valence-corrected chi connectivity index (χ0v) is 18.6. The summed E-state index contributed by atoms with van der Waals surface area (Å²) in [5.41, 5.74) is 0.311. The van der Waals surface area contributed by atoms with Crippen molar-refractivity contribution in [2.75, 3.05) is 24.3 Å². The van der Waals surface area contributed by atoms with Gasteiger partial charge in [-0.05, 0) is 12.1 Å². The van der Waals surface area contributed by atoms with E-state index in [-0.39, 0.29) is 42.3 Å². The molecular formula is C17H14Cl2N4O5S2. The van der Waals surface area contributed by atoms with Crippen LogP contribution in [0.5, 0.6) is 11.5 Å². The van der Waals surface area contributed by atoms with Gasteiger partial charge in [0.15, 0.2) is 0 Å². The maximum Gasteiger partial charge on any atom is 0.291 e. The van der Waals surface area contributed by atoms with Gasteiger partial charge in [0.1, 0.15) is 11.5 Å². The Morgan fingerprint density at radius 1 is 1.03 bits per heavy atom. The summed E-state index contributed by atoms with van der Waals surface area (Å²) < 4.78 is 37.7. The van der Waals surface area contributed by atoms with Gasteiger partial charge in [-0.15, -0.1) is 10.2 Å². The van der Waals surface area contributed by atoms with E-state index in [9.17, 15) is 13.2 Å². The van der Waals surface area contributed by atoms with E-state index in [2.05, 4.69) is 20.2 Å². The van der Waals surface area contributed by atoms with Crippen LogP contribution in [0.2, 0.25) is 10.0 Å². The normalized spacial score (nSPS) is 11.1. The van der Waals surface area contributed by atoms with Crippen molar-refractivity contribution in [1.82, 2.24) is 10.2 Å². The third-order valence-electron chi connectivity index (χ3n) is 3.69. The number of sulfonamides is 1. The Bertz CT molecular complexity index is 1200. The molecule has 1 aromatic heterocycles. The maximum atomic E-state index is 12.7. The molecule has 2 N–H and O–H groups in total. The molecule has 1 amide bonds. The summed E-state index contributed by atoms with van der Waals surface area (Å²) in [6.45, 7) is 0. The summed E-state index contributed by atoms with van der Waals surface area (Å²) in [4.78, 5) is 12.3. The lowest BCUT2D eigenvalue weighted by atomic mass is 10.2. The first-order valence-electron chi connectivity index (χ1n) is 8.09. The Labute approximate surface area is 186 Å². The molecule has 158 valence electrons. The standard InChI is InChI=1S/C17H14Cl2N4O5S2/c1-27-13-8-12(14(28-2)7-11(13)19)23-30(25,26)17-22-21-16(29-17)20-15(24)9-5-3-4-6-10(9)18/h3-8,23H,1-2H3,(H,20,21,24). The van der Waals surface area contributed by atoms with Gasteiger partial charge >= 0.3 is 0 Å². The molecule has 9 nitrogen and oxygen atoms in total. The van der Waals surface area contributed by atoms with Crippen molar-refractivity contribution in [1.29, 1.82) is 0 Å². The van der Waals surface area contributed by atoms with Gasteiger partial charge in [0.2, 0.25) is 5.13 Å². The summed E-state index contributed by atoms with van der Waals surface area (Å²) >= 11 is 12.7. The highest BCUT2D eigenvalue weighted by atomic mass is 35.5. The van der Waals surface area contributed by atoms with E-state index in [1.807, 2.05) is 0 Å². The highest BCUT2D eigenvalue weighted by molar-refractivity contribution is 7.94. The first-order chi connectivity index (χ1) is 14.2. The van der Waals surface area contributed by atoms with Crippen LogP contribution in [-0.4, -0.2) is 38.7 Å². The summed E-state index contributed by atoms with van der Waals surface area (Å²) in [5.74, 6) is -0.112. The SMILES string of the molecule is COc1cc(NS(=O)(=O)c2nnc(NC(=O)c3ccccc3Cl)s2)c(OC)cc1Cl. The van der Waals surface area contributed by atoms with Gasteiger partial charge in [0.05, 0.1) is 35.5 Å². The van der Waals surface area contributed by atoms with E-state index in [0.29, 0.717) is 11.3 Å². The Kier molecular flexibility index (Phi) is 6.66. The van der Waals surface area contributed by atoms with Crippen molar-refractivity contribution in [3.05, 3.63) is 52.0 Å². The van der Waals surface area contributed by atoms with Crippen LogP contribution in [0.4, 0.5) is 10.8 Å². The third-order valence-corrected chi connectivity index (χ3v) is 6.89. The molecule has 13 heteroatoms. The first kappa shape index (κ1) is 22.1. The number of ether oxygens (including phenoxy) is 2. The van der Waals surface area contributed by atoms with Crippen LogP contribution in [0.15, 0.2) is 40.7 Å². The summed E-state index contributed by atoms with van der Waals surface area (Å²) in [6.07, 6.45) is 0. The second-order valence-electron chi connectivity index (χ2n) is 5.60. The minimum Gasteiger partial charge on any atom is -0.495 e. The lowest BCUT2D eigenvalue weighted by molar-refractivity contribution is 0.102. The minimum absolute atomic E-state index is 0.0130. The van der Waals surface area contributed by atoms with Gasteiger partial charge in [-0.25, -0.2) is 0 Å². The van der Waals surface area contributed by atoms with E-state index in [1.54, 1.807) is 18.2 Å². The van der Waals surface area contributed by atoms with Crippen molar-refractivity contribution >= 4 is 61.3 Å². The van der Waals surface area contributed by atoms with Crippen LogP contribution >= 0.6 is 34.5 Å². The van der Waals surface area contributed by atoms with Crippen LogP contribution < -0.4 is 19.5 Å². The van der Waals surface area contributed by atoms with Crippen molar-refractivity contribution in [3.8, 4) is 11.5 Å². The number of methoxy groups -OCH3 is 2. The van der Waals surface area contributed by atoms with E-state index in [4.69, 9.17) is 32.7 Å². The number of benzene rings is 2. The van der Waals surface area contributed by atoms with Crippen LogP contribution in [-0.2, 0) is 10.0 Å². The van der Waals surface area contributed by atoms with Crippen LogP contribution in [0.3, 0.4) is 0 Å². The minimum atomic E-state index is -4.13. The molecule has 0 aliphatic heterocycles. The van der Waals surface area contributed by atoms with Crippen LogP contribution in [0.1, 0.15) is 10.4 Å². The lowest BCUT2D eigenvalue weighted by Crippen LogP contribution is -2.13. The number of hydrogen-bond acceptors (Lipinski definition) is 8. The van der Waals surface area contributed by atoms with Crippen molar-refractivity contribution in [2.24, 2.45) is 0 Å². The molecule has 0 aliphatic rings. The van der Waals surface area contributed by atoms with Gasteiger partial charge < -0.3 is 9.47 Å². The molecule has 2 aromatic carbocycles. The summed E-state index contributed by atoms with van der Waals surface area (Å²) in [6, 6.07) is 9.20. The molecule has 0 spiro atoms. The van der Waals surface area contributed by atoms with E-state index >= 15 is 0 Å². The molecule has 0 radical (unpaired) electrons.